The van der Waals surface area contributed by atoms with Crippen molar-refractivity contribution in [1.29, 1.82) is 5.26 Å². The Balaban J connectivity index is 2.24. The average molecular weight is 254 g/mol. The number of nitrogens with zero attached hydrogens (tertiary/aromatic N) is 3. The maximum absolute atomic E-state index is 12.1. The fraction of sp³-hybridized carbons (Fsp3) is 0.286. The third-order valence-electron chi connectivity index (χ3n) is 2.82. The number of carbonyl (C=O) groups excluding carboxylic acids is 1. The smallest absolute Gasteiger partial charge is 0.252 e. The van der Waals surface area contributed by atoms with Crippen LogP contribution in [0.3, 0.4) is 0 Å². The summed E-state index contributed by atoms with van der Waals surface area (Å²) in [7, 11) is 0. The van der Waals surface area contributed by atoms with Crippen molar-refractivity contribution in [2.24, 2.45) is 5.92 Å². The summed E-state index contributed by atoms with van der Waals surface area (Å²) in [5.74, 6) is -0.206. The predicted molar refractivity (Wildman–Crippen MR) is 71.2 cm³/mol. The summed E-state index contributed by atoms with van der Waals surface area (Å²) >= 11 is 0. The van der Waals surface area contributed by atoms with Gasteiger partial charge in [0.25, 0.3) is 5.91 Å². The molecule has 19 heavy (non-hydrogen) atoms. The minimum absolute atomic E-state index is 0.0641. The molecule has 0 aliphatic carbocycles. The van der Waals surface area contributed by atoms with Crippen LogP contribution in [-0.2, 0) is 0 Å². The normalized spacial score (nSPS) is 12.1. The van der Waals surface area contributed by atoms with Crippen LogP contribution in [0, 0.1) is 17.2 Å². The Hall–Kier alpha value is -2.48. The van der Waals surface area contributed by atoms with E-state index in [0.29, 0.717) is 11.1 Å². The van der Waals surface area contributed by atoms with E-state index in [9.17, 15) is 4.79 Å². The lowest BCUT2D eigenvalue weighted by atomic mass is 10.1. The first-order chi connectivity index (χ1) is 9.11. The monoisotopic (exact) mass is 254 g/mol. The van der Waals surface area contributed by atoms with Crippen molar-refractivity contribution in [1.82, 2.24) is 15.3 Å². The minimum Gasteiger partial charge on any atom is -0.336 e. The second kappa shape index (κ2) is 5.44. The highest BCUT2D eigenvalue weighted by molar-refractivity contribution is 5.97. The topological polar surface area (TPSA) is 78.7 Å². The first-order valence-electron chi connectivity index (χ1n) is 6.03. The van der Waals surface area contributed by atoms with Gasteiger partial charge in [-0.1, -0.05) is 13.8 Å². The molecule has 0 saturated heterocycles. The van der Waals surface area contributed by atoms with Crippen LogP contribution in [-0.4, -0.2) is 21.9 Å². The SMILES string of the molecule is CC(C)C(C#N)NC(=O)c1ccc2nccnc2c1. The number of aromatic nitrogens is 2. The van der Waals surface area contributed by atoms with E-state index in [1.54, 1.807) is 30.6 Å². The van der Waals surface area contributed by atoms with Crippen molar-refractivity contribution in [3.63, 3.8) is 0 Å². The van der Waals surface area contributed by atoms with Crippen molar-refractivity contribution < 1.29 is 4.79 Å². The number of nitrogens with one attached hydrogen (secondary N) is 1. The molecule has 1 amide bonds. The van der Waals surface area contributed by atoms with Gasteiger partial charge >= 0.3 is 0 Å². The summed E-state index contributed by atoms with van der Waals surface area (Å²) in [6, 6.07) is 6.68. The molecule has 0 saturated carbocycles. The number of nitriles is 1. The van der Waals surface area contributed by atoms with Crippen LogP contribution in [0.4, 0.5) is 0 Å². The van der Waals surface area contributed by atoms with Crippen molar-refractivity contribution in [3.8, 4) is 6.07 Å². The van der Waals surface area contributed by atoms with E-state index >= 15 is 0 Å². The second-order valence-electron chi connectivity index (χ2n) is 4.58. The van der Waals surface area contributed by atoms with Crippen LogP contribution < -0.4 is 5.32 Å². The number of hydrogen-bond donors (Lipinski definition) is 1. The Morgan fingerprint density at radius 1 is 1.26 bits per heavy atom. The summed E-state index contributed by atoms with van der Waals surface area (Å²) in [4.78, 5) is 20.3. The number of benzene rings is 1. The molecular weight excluding hydrogens is 240 g/mol. The molecule has 96 valence electrons. The molecule has 1 aromatic heterocycles. The van der Waals surface area contributed by atoms with Crippen molar-refractivity contribution in [3.05, 3.63) is 36.2 Å². The van der Waals surface area contributed by atoms with Gasteiger partial charge in [0.05, 0.1) is 17.1 Å². The Bertz CT molecular complexity index is 645. The molecule has 1 unspecified atom stereocenters. The number of rotatable bonds is 3. The van der Waals surface area contributed by atoms with Gasteiger partial charge in [0.2, 0.25) is 0 Å². The summed E-state index contributed by atoms with van der Waals surface area (Å²) < 4.78 is 0. The summed E-state index contributed by atoms with van der Waals surface area (Å²) in [5, 5.41) is 11.7. The predicted octanol–water partition coefficient (Wildman–Crippen LogP) is 1.91. The molecule has 0 spiro atoms. The van der Waals surface area contributed by atoms with E-state index in [4.69, 9.17) is 5.26 Å². The molecule has 2 rings (SSSR count). The molecule has 0 aliphatic heterocycles. The zero-order valence-electron chi connectivity index (χ0n) is 10.8. The van der Waals surface area contributed by atoms with Crippen LogP contribution in [0.2, 0.25) is 0 Å². The maximum Gasteiger partial charge on any atom is 0.252 e. The Morgan fingerprint density at radius 3 is 2.58 bits per heavy atom. The zero-order valence-corrected chi connectivity index (χ0v) is 10.8. The third-order valence-corrected chi connectivity index (χ3v) is 2.82. The number of carbonyl (C=O) groups is 1. The van der Waals surface area contributed by atoms with Crippen molar-refractivity contribution >= 4 is 16.9 Å². The number of hydrogen-bond acceptors (Lipinski definition) is 4. The Labute approximate surface area is 111 Å². The van der Waals surface area contributed by atoms with Gasteiger partial charge < -0.3 is 5.32 Å². The standard InChI is InChI=1S/C14H14N4O/c1-9(2)13(8-15)18-14(19)10-3-4-11-12(7-10)17-6-5-16-11/h3-7,9,13H,1-2H3,(H,18,19). The van der Waals surface area contributed by atoms with Gasteiger partial charge in [0.15, 0.2) is 0 Å². The van der Waals surface area contributed by atoms with Gasteiger partial charge in [-0.2, -0.15) is 5.26 Å². The highest BCUT2D eigenvalue weighted by Gasteiger charge is 2.16. The van der Waals surface area contributed by atoms with Crippen LogP contribution in [0.25, 0.3) is 11.0 Å². The molecule has 0 aliphatic rings. The second-order valence-corrected chi connectivity index (χ2v) is 4.58. The number of fused-ring (bicyclic) bond motifs is 1. The molecule has 5 nitrogen and oxygen atoms in total. The van der Waals surface area contributed by atoms with Crippen LogP contribution in [0.15, 0.2) is 30.6 Å². The average Bonchev–Trinajstić information content (AvgIpc) is 2.43. The molecule has 1 aromatic carbocycles. The van der Waals surface area contributed by atoms with Gasteiger partial charge in [0.1, 0.15) is 6.04 Å². The van der Waals surface area contributed by atoms with E-state index in [-0.39, 0.29) is 11.8 Å². The van der Waals surface area contributed by atoms with E-state index in [1.807, 2.05) is 13.8 Å². The third kappa shape index (κ3) is 2.86. The molecule has 0 radical (unpaired) electrons. The molecule has 2 aromatic rings. The maximum atomic E-state index is 12.1. The van der Waals surface area contributed by atoms with Gasteiger partial charge in [0, 0.05) is 18.0 Å². The van der Waals surface area contributed by atoms with Gasteiger partial charge in [-0.05, 0) is 24.1 Å². The van der Waals surface area contributed by atoms with Crippen molar-refractivity contribution in [2.75, 3.05) is 0 Å². The molecule has 0 bridgehead atoms. The van der Waals surface area contributed by atoms with Gasteiger partial charge in [-0.3, -0.25) is 14.8 Å². The highest BCUT2D eigenvalue weighted by atomic mass is 16.1. The molecule has 1 atom stereocenters. The molecular formula is C14H14N4O. The van der Waals surface area contributed by atoms with Crippen LogP contribution >= 0.6 is 0 Å². The lowest BCUT2D eigenvalue weighted by Gasteiger charge is -2.14. The van der Waals surface area contributed by atoms with Crippen molar-refractivity contribution in [2.45, 2.75) is 19.9 Å². The molecule has 1 N–H and O–H groups in total. The lowest BCUT2D eigenvalue weighted by Crippen LogP contribution is -2.37. The fourth-order valence-corrected chi connectivity index (χ4v) is 1.68. The van der Waals surface area contributed by atoms with E-state index in [1.165, 1.54) is 0 Å². The molecule has 1 heterocycles. The van der Waals surface area contributed by atoms with E-state index < -0.39 is 6.04 Å². The van der Waals surface area contributed by atoms with E-state index in [0.717, 1.165) is 5.52 Å². The van der Waals surface area contributed by atoms with Crippen LogP contribution in [0.5, 0.6) is 0 Å². The summed E-state index contributed by atoms with van der Waals surface area (Å²) in [6.07, 6.45) is 3.18. The zero-order chi connectivity index (χ0) is 13.8. The Morgan fingerprint density at radius 2 is 1.95 bits per heavy atom. The first-order valence-corrected chi connectivity index (χ1v) is 6.03. The summed E-state index contributed by atoms with van der Waals surface area (Å²) in [6.45, 7) is 3.78. The fourth-order valence-electron chi connectivity index (χ4n) is 1.68. The van der Waals surface area contributed by atoms with E-state index in [2.05, 4.69) is 21.4 Å². The van der Waals surface area contributed by atoms with Gasteiger partial charge in [-0.15, -0.1) is 0 Å². The van der Waals surface area contributed by atoms with Gasteiger partial charge in [-0.25, -0.2) is 0 Å². The summed E-state index contributed by atoms with van der Waals surface area (Å²) in [5.41, 5.74) is 1.88. The highest BCUT2D eigenvalue weighted by Crippen LogP contribution is 2.11. The minimum atomic E-state index is -0.495. The Kier molecular flexibility index (Phi) is 3.71. The number of amides is 1. The first kappa shape index (κ1) is 13.0. The quantitative estimate of drug-likeness (QED) is 0.907. The molecule has 5 heteroatoms. The lowest BCUT2D eigenvalue weighted by molar-refractivity contribution is 0.0937. The largest absolute Gasteiger partial charge is 0.336 e. The molecule has 0 fully saturated rings. The van der Waals surface area contributed by atoms with Crippen LogP contribution in [0.1, 0.15) is 24.2 Å².